The fourth-order valence-corrected chi connectivity index (χ4v) is 6.53. The molecule has 0 aromatic heterocycles. The average molecular weight is 588 g/mol. The van der Waals surface area contributed by atoms with Crippen molar-refractivity contribution < 1.29 is 0 Å². The predicted octanol–water partition coefficient (Wildman–Crippen LogP) is 14.5. The highest BCUT2D eigenvalue weighted by Gasteiger charge is 2.11. The quantitative estimate of drug-likeness (QED) is 0.0574. The second-order valence-electron chi connectivity index (χ2n) is 13.9. The maximum atomic E-state index is 4.53. The van der Waals surface area contributed by atoms with Crippen molar-refractivity contribution in [1.29, 1.82) is 0 Å². The zero-order chi connectivity index (χ0) is 30.9. The molecule has 0 aromatic carbocycles. The van der Waals surface area contributed by atoms with E-state index in [0.717, 1.165) is 18.4 Å². The molecule has 0 fully saturated rings. The zero-order valence-corrected chi connectivity index (χ0v) is 30.0. The van der Waals surface area contributed by atoms with E-state index in [1.807, 2.05) is 0 Å². The Hall–Kier alpha value is -0.560. The third-order valence-corrected chi connectivity index (χ3v) is 9.64. The zero-order valence-electron chi connectivity index (χ0n) is 30.0. The van der Waals surface area contributed by atoms with Gasteiger partial charge in [-0.05, 0) is 70.3 Å². The second kappa shape index (κ2) is 33.3. The smallest absolute Gasteiger partial charge is 0.00670 e. The average Bonchev–Trinajstić information content (AvgIpc) is 2.99. The van der Waals surface area contributed by atoms with Gasteiger partial charge in [-0.2, -0.15) is 0 Å². The van der Waals surface area contributed by atoms with Crippen LogP contribution in [0.5, 0.6) is 0 Å². The van der Waals surface area contributed by atoms with E-state index in [1.165, 1.54) is 198 Å². The summed E-state index contributed by atoms with van der Waals surface area (Å²) in [6, 6.07) is 0.754. The Morgan fingerprint density at radius 2 is 0.857 bits per heavy atom. The predicted molar refractivity (Wildman–Crippen MR) is 195 cm³/mol. The molecule has 0 saturated carbocycles. The topological polar surface area (TPSA) is 12.0 Å². The van der Waals surface area contributed by atoms with E-state index in [9.17, 15) is 0 Å². The minimum absolute atomic E-state index is 0.754. The van der Waals surface area contributed by atoms with Gasteiger partial charge in [0.25, 0.3) is 0 Å². The van der Waals surface area contributed by atoms with Crippen LogP contribution >= 0.6 is 0 Å². The molecule has 1 atom stereocenters. The van der Waals surface area contributed by atoms with E-state index in [0.29, 0.717) is 0 Å². The highest BCUT2D eigenvalue weighted by Crippen LogP contribution is 2.27. The Labute approximate surface area is 268 Å². The fourth-order valence-electron chi connectivity index (χ4n) is 6.53. The molecule has 0 aliphatic rings. The van der Waals surface area contributed by atoms with Crippen molar-refractivity contribution in [2.24, 2.45) is 5.92 Å². The monoisotopic (exact) mass is 588 g/mol. The molecule has 0 aliphatic heterocycles. The van der Waals surface area contributed by atoms with Gasteiger partial charge in [-0.25, -0.2) is 0 Å². The van der Waals surface area contributed by atoms with Crippen LogP contribution in [0.4, 0.5) is 0 Å². The first-order valence-electron chi connectivity index (χ1n) is 19.6. The first kappa shape index (κ1) is 41.4. The van der Waals surface area contributed by atoms with Gasteiger partial charge in [-0.15, -0.1) is 0 Å². The van der Waals surface area contributed by atoms with Gasteiger partial charge >= 0.3 is 0 Å². The van der Waals surface area contributed by atoms with Crippen molar-refractivity contribution in [1.82, 2.24) is 5.32 Å². The lowest BCUT2D eigenvalue weighted by atomic mass is 9.87. The van der Waals surface area contributed by atoms with Crippen LogP contribution in [0, 0.1) is 5.92 Å². The molecule has 0 bridgehead atoms. The lowest BCUT2D eigenvalue weighted by molar-refractivity contribution is 0.398. The normalized spacial score (nSPS) is 12.3. The van der Waals surface area contributed by atoms with Crippen molar-refractivity contribution in [3.05, 3.63) is 24.3 Å². The molecule has 0 spiro atoms. The van der Waals surface area contributed by atoms with E-state index in [1.54, 1.807) is 5.57 Å². The number of nitrogens with one attached hydrogen (secondary N) is 1. The van der Waals surface area contributed by atoms with Crippen LogP contribution in [0.1, 0.15) is 220 Å². The van der Waals surface area contributed by atoms with Crippen LogP contribution in [0.25, 0.3) is 0 Å². The summed E-state index contributed by atoms with van der Waals surface area (Å²) < 4.78 is 0. The van der Waals surface area contributed by atoms with Crippen LogP contribution in [-0.2, 0) is 0 Å². The molecule has 0 radical (unpaired) electrons. The van der Waals surface area contributed by atoms with Gasteiger partial charge in [0.1, 0.15) is 0 Å². The van der Waals surface area contributed by atoms with Crippen LogP contribution in [-0.4, -0.2) is 12.6 Å². The fraction of sp³-hybridized carbons (Fsp3) is 0.902. The highest BCUT2D eigenvalue weighted by molar-refractivity contribution is 4.95. The Kier molecular flexibility index (Phi) is 32.9. The number of unbranched alkanes of at least 4 members (excludes halogenated alkanes) is 17. The molecular formula is C41H81N. The van der Waals surface area contributed by atoms with Gasteiger partial charge < -0.3 is 5.32 Å². The second-order valence-corrected chi connectivity index (χ2v) is 13.9. The van der Waals surface area contributed by atoms with E-state index in [4.69, 9.17) is 0 Å². The summed E-state index contributed by atoms with van der Waals surface area (Å²) in [5.74, 6) is 0.904. The summed E-state index contributed by atoms with van der Waals surface area (Å²) in [7, 11) is 0. The molecule has 1 heteroatoms. The maximum Gasteiger partial charge on any atom is 0.00670 e. The minimum Gasteiger partial charge on any atom is -0.314 e. The summed E-state index contributed by atoms with van der Waals surface area (Å²) in [6.07, 6.45) is 41.4. The van der Waals surface area contributed by atoms with E-state index < -0.39 is 0 Å². The van der Waals surface area contributed by atoms with Crippen molar-refractivity contribution in [3.63, 3.8) is 0 Å². The standard InChI is InChI=1S/C41H81N/c1-7-11-14-26-32-40(33-27-15-12-8-2)37-39(6)31-25-21-17-19-23-29-35-41(42-36-13-9-3)34-28-22-18-16-20-24-30-38(5)10-4/h40-42H,5-37H2,1-4H3. The van der Waals surface area contributed by atoms with Gasteiger partial charge in [0, 0.05) is 6.04 Å². The van der Waals surface area contributed by atoms with Gasteiger partial charge in [0.05, 0.1) is 0 Å². The lowest BCUT2D eigenvalue weighted by Crippen LogP contribution is -2.30. The van der Waals surface area contributed by atoms with Crippen molar-refractivity contribution >= 4 is 0 Å². The first-order valence-corrected chi connectivity index (χ1v) is 19.6. The third-order valence-electron chi connectivity index (χ3n) is 9.64. The van der Waals surface area contributed by atoms with Crippen molar-refractivity contribution in [3.8, 4) is 0 Å². The minimum atomic E-state index is 0.754. The molecule has 0 aromatic rings. The van der Waals surface area contributed by atoms with Gasteiger partial charge in [0.2, 0.25) is 0 Å². The Bertz CT molecular complexity index is 551. The van der Waals surface area contributed by atoms with Gasteiger partial charge in [-0.3, -0.25) is 0 Å². The molecule has 0 rings (SSSR count). The van der Waals surface area contributed by atoms with Gasteiger partial charge in [0.15, 0.2) is 0 Å². The molecule has 0 amide bonds. The third kappa shape index (κ3) is 29.5. The molecule has 42 heavy (non-hydrogen) atoms. The van der Waals surface area contributed by atoms with Crippen LogP contribution < -0.4 is 5.32 Å². The Morgan fingerprint density at radius 1 is 0.452 bits per heavy atom. The molecule has 0 heterocycles. The van der Waals surface area contributed by atoms with Crippen LogP contribution in [0.3, 0.4) is 0 Å². The Balaban J connectivity index is 4.00. The number of hydrogen-bond acceptors (Lipinski definition) is 1. The molecule has 250 valence electrons. The first-order chi connectivity index (χ1) is 20.6. The van der Waals surface area contributed by atoms with E-state index in [2.05, 4.69) is 46.2 Å². The van der Waals surface area contributed by atoms with E-state index >= 15 is 0 Å². The summed E-state index contributed by atoms with van der Waals surface area (Å²) in [6.45, 7) is 19.1. The number of hydrogen-bond donors (Lipinski definition) is 1. The lowest BCUT2D eigenvalue weighted by Gasteiger charge is -2.19. The van der Waals surface area contributed by atoms with Crippen molar-refractivity contribution in [2.45, 2.75) is 226 Å². The molecule has 0 saturated heterocycles. The summed E-state index contributed by atoms with van der Waals surface area (Å²) in [5, 5.41) is 3.91. The summed E-state index contributed by atoms with van der Waals surface area (Å²) in [5.41, 5.74) is 2.98. The highest BCUT2D eigenvalue weighted by atomic mass is 14.9. The van der Waals surface area contributed by atoms with Crippen LogP contribution in [0.2, 0.25) is 0 Å². The van der Waals surface area contributed by atoms with Crippen molar-refractivity contribution in [2.75, 3.05) is 6.54 Å². The molecular weight excluding hydrogens is 506 g/mol. The molecule has 1 N–H and O–H groups in total. The van der Waals surface area contributed by atoms with Gasteiger partial charge in [-0.1, -0.05) is 187 Å². The number of rotatable bonds is 35. The molecule has 0 aliphatic carbocycles. The van der Waals surface area contributed by atoms with Crippen LogP contribution in [0.15, 0.2) is 24.3 Å². The maximum absolute atomic E-state index is 4.53. The summed E-state index contributed by atoms with van der Waals surface area (Å²) in [4.78, 5) is 0. The SMILES string of the molecule is C=C(CC)CCCCCCCCC(CCCCCCCCC(=C)CC(CCCCCC)CCCCCC)NCCCC. The largest absolute Gasteiger partial charge is 0.314 e. The number of allylic oxidation sites excluding steroid dienone is 2. The Morgan fingerprint density at radius 3 is 1.33 bits per heavy atom. The molecule has 1 unspecified atom stereocenters. The van der Waals surface area contributed by atoms with E-state index in [-0.39, 0.29) is 0 Å². The molecule has 1 nitrogen and oxygen atoms in total. The summed E-state index contributed by atoms with van der Waals surface area (Å²) >= 11 is 0.